The Kier molecular flexibility index (Phi) is 11.7. The third-order valence-corrected chi connectivity index (χ3v) is 4.41. The molecule has 6 nitrogen and oxygen atoms in total. The maximum atomic E-state index is 12.6. The van der Waals surface area contributed by atoms with Crippen LogP contribution in [-0.2, 0) is 11.2 Å². The minimum Gasteiger partial charge on any atom is -0.454 e. The third kappa shape index (κ3) is 6.50. The van der Waals surface area contributed by atoms with Crippen molar-refractivity contribution in [3.63, 3.8) is 0 Å². The number of likely N-dealkylation sites (N-methyl/N-ethyl adjacent to an activating group) is 1. The Labute approximate surface area is 168 Å². The van der Waals surface area contributed by atoms with Gasteiger partial charge in [0, 0.05) is 12.6 Å². The number of rotatable bonds is 9. The Morgan fingerprint density at radius 3 is 2.58 bits per heavy atom. The van der Waals surface area contributed by atoms with Crippen LogP contribution in [0.4, 0.5) is 0 Å². The summed E-state index contributed by atoms with van der Waals surface area (Å²) in [4.78, 5) is 14.5. The number of halogens is 2. The molecule has 1 aromatic rings. The van der Waals surface area contributed by atoms with Crippen molar-refractivity contribution in [2.45, 2.75) is 51.6 Å². The lowest BCUT2D eigenvalue weighted by molar-refractivity contribution is -0.134. The van der Waals surface area contributed by atoms with Crippen LogP contribution in [0.1, 0.15) is 38.7 Å². The van der Waals surface area contributed by atoms with Gasteiger partial charge in [0.2, 0.25) is 12.7 Å². The molecule has 1 amide bonds. The van der Waals surface area contributed by atoms with E-state index in [-0.39, 0.29) is 43.6 Å². The van der Waals surface area contributed by atoms with Crippen molar-refractivity contribution >= 4 is 30.7 Å². The number of nitrogens with zero attached hydrogens (tertiary/aromatic N) is 1. The number of hydrogen-bond acceptors (Lipinski definition) is 5. The topological polar surface area (TPSA) is 90.8 Å². The van der Waals surface area contributed by atoms with E-state index in [2.05, 4.69) is 6.92 Å². The molecule has 4 N–H and O–H groups in total. The van der Waals surface area contributed by atoms with Crippen molar-refractivity contribution in [3.8, 4) is 11.5 Å². The average Bonchev–Trinajstić information content (AvgIpc) is 3.03. The van der Waals surface area contributed by atoms with Gasteiger partial charge in [0.1, 0.15) is 0 Å². The third-order valence-electron chi connectivity index (χ3n) is 4.41. The highest BCUT2D eigenvalue weighted by Gasteiger charge is 2.24. The fraction of sp³-hybridized carbons (Fsp3) is 0.611. The van der Waals surface area contributed by atoms with Crippen LogP contribution in [0.25, 0.3) is 0 Å². The summed E-state index contributed by atoms with van der Waals surface area (Å²) in [6.07, 6.45) is 3.23. The molecule has 2 rings (SSSR count). The summed E-state index contributed by atoms with van der Waals surface area (Å²) in [6, 6.07) is 5.54. The maximum Gasteiger partial charge on any atom is 0.239 e. The molecule has 26 heavy (non-hydrogen) atoms. The monoisotopic (exact) mass is 407 g/mol. The number of hydrogen-bond donors (Lipinski definition) is 2. The summed E-state index contributed by atoms with van der Waals surface area (Å²) >= 11 is 0. The fourth-order valence-electron chi connectivity index (χ4n) is 3.05. The van der Waals surface area contributed by atoms with E-state index in [0.717, 1.165) is 36.3 Å². The number of nitrogens with two attached hydrogens (primary N) is 2. The minimum atomic E-state index is -0.448. The normalized spacial score (nSPS) is 14.0. The standard InChI is InChI=1S/C18H29N3O3.2ClH/c1-3-21(18(22)15(20)6-4-5-9-19)13(2)10-14-7-8-16-17(11-14)24-12-23-16;;/h7-8,11,13,15H,3-6,9-10,12,19-20H2,1-2H3;2*1H/t13-,15-;;/m0../s1. The zero-order valence-electron chi connectivity index (χ0n) is 15.5. The Morgan fingerprint density at radius 1 is 1.23 bits per heavy atom. The predicted octanol–water partition coefficient (Wildman–Crippen LogP) is 2.49. The van der Waals surface area contributed by atoms with Gasteiger partial charge in [-0.05, 0) is 57.4 Å². The zero-order valence-corrected chi connectivity index (χ0v) is 17.1. The summed E-state index contributed by atoms with van der Waals surface area (Å²) < 4.78 is 10.7. The number of carbonyl (C=O) groups excluding carboxylic acids is 1. The molecule has 0 fully saturated rings. The number of ether oxygens (including phenoxy) is 2. The average molecular weight is 408 g/mol. The molecule has 1 aliphatic heterocycles. The maximum absolute atomic E-state index is 12.6. The van der Waals surface area contributed by atoms with E-state index in [0.29, 0.717) is 19.5 Å². The largest absolute Gasteiger partial charge is 0.454 e. The van der Waals surface area contributed by atoms with E-state index in [1.165, 1.54) is 0 Å². The first-order valence-electron chi connectivity index (χ1n) is 8.71. The van der Waals surface area contributed by atoms with Crippen LogP contribution >= 0.6 is 24.8 Å². The molecule has 2 atom stereocenters. The Balaban J connectivity index is 0.00000312. The lowest BCUT2D eigenvalue weighted by Crippen LogP contribution is -2.48. The van der Waals surface area contributed by atoms with E-state index in [9.17, 15) is 4.79 Å². The number of benzene rings is 1. The summed E-state index contributed by atoms with van der Waals surface area (Å²) in [5.74, 6) is 1.56. The summed E-state index contributed by atoms with van der Waals surface area (Å²) in [5.41, 5.74) is 12.7. The van der Waals surface area contributed by atoms with Crippen LogP contribution in [0.5, 0.6) is 11.5 Å². The molecular weight excluding hydrogens is 377 g/mol. The molecule has 0 aliphatic carbocycles. The predicted molar refractivity (Wildman–Crippen MR) is 108 cm³/mol. The molecule has 1 heterocycles. The minimum absolute atomic E-state index is 0. The van der Waals surface area contributed by atoms with Crippen LogP contribution in [0, 0.1) is 0 Å². The smallest absolute Gasteiger partial charge is 0.239 e. The van der Waals surface area contributed by atoms with Crippen LogP contribution < -0.4 is 20.9 Å². The van der Waals surface area contributed by atoms with Crippen molar-refractivity contribution in [2.24, 2.45) is 11.5 Å². The molecule has 0 saturated heterocycles. The van der Waals surface area contributed by atoms with Gasteiger partial charge in [0.15, 0.2) is 11.5 Å². The first-order valence-corrected chi connectivity index (χ1v) is 8.71. The van der Waals surface area contributed by atoms with Gasteiger partial charge in [-0.15, -0.1) is 24.8 Å². The second-order valence-corrected chi connectivity index (χ2v) is 6.26. The zero-order chi connectivity index (χ0) is 17.5. The van der Waals surface area contributed by atoms with Crippen LogP contribution in [-0.4, -0.2) is 42.8 Å². The van der Waals surface area contributed by atoms with E-state index in [4.69, 9.17) is 20.9 Å². The molecule has 0 spiro atoms. The van der Waals surface area contributed by atoms with Gasteiger partial charge in [0.25, 0.3) is 0 Å². The number of unbranched alkanes of at least 4 members (excludes halogenated alkanes) is 1. The van der Waals surface area contributed by atoms with Crippen LogP contribution in [0.2, 0.25) is 0 Å². The van der Waals surface area contributed by atoms with Crippen LogP contribution in [0.3, 0.4) is 0 Å². The SMILES string of the molecule is CCN(C(=O)[C@@H](N)CCCCN)[C@@H](C)Cc1ccc2c(c1)OCO2.Cl.Cl. The first-order chi connectivity index (χ1) is 11.6. The van der Waals surface area contributed by atoms with Gasteiger partial charge >= 0.3 is 0 Å². The summed E-state index contributed by atoms with van der Waals surface area (Å²) in [7, 11) is 0. The quantitative estimate of drug-likeness (QED) is 0.613. The second-order valence-electron chi connectivity index (χ2n) is 6.26. The highest BCUT2D eigenvalue weighted by molar-refractivity contribution is 5.85. The molecule has 1 aromatic carbocycles. The number of amides is 1. The highest BCUT2D eigenvalue weighted by Crippen LogP contribution is 2.33. The van der Waals surface area contributed by atoms with Gasteiger partial charge in [-0.25, -0.2) is 0 Å². The van der Waals surface area contributed by atoms with E-state index in [1.807, 2.05) is 30.0 Å². The fourth-order valence-corrected chi connectivity index (χ4v) is 3.05. The van der Waals surface area contributed by atoms with Gasteiger partial charge in [0.05, 0.1) is 6.04 Å². The molecule has 8 heteroatoms. The first kappa shape index (κ1) is 24.8. The molecule has 0 radical (unpaired) electrons. The van der Waals surface area contributed by atoms with Crippen molar-refractivity contribution in [1.82, 2.24) is 4.90 Å². The summed E-state index contributed by atoms with van der Waals surface area (Å²) in [5, 5.41) is 0. The number of carbonyl (C=O) groups is 1. The Hall–Kier alpha value is -1.21. The molecule has 0 bridgehead atoms. The lowest BCUT2D eigenvalue weighted by Gasteiger charge is -2.30. The van der Waals surface area contributed by atoms with Crippen molar-refractivity contribution in [1.29, 1.82) is 0 Å². The van der Waals surface area contributed by atoms with Gasteiger partial charge in [-0.2, -0.15) is 0 Å². The molecule has 0 aromatic heterocycles. The van der Waals surface area contributed by atoms with E-state index >= 15 is 0 Å². The van der Waals surface area contributed by atoms with Gasteiger partial charge in [-0.1, -0.05) is 12.5 Å². The van der Waals surface area contributed by atoms with Crippen LogP contribution in [0.15, 0.2) is 18.2 Å². The summed E-state index contributed by atoms with van der Waals surface area (Å²) in [6.45, 7) is 5.60. The van der Waals surface area contributed by atoms with Gasteiger partial charge < -0.3 is 25.8 Å². The van der Waals surface area contributed by atoms with E-state index in [1.54, 1.807) is 0 Å². The molecule has 150 valence electrons. The molecular formula is C18H31Cl2N3O3. The molecule has 1 aliphatic rings. The Morgan fingerprint density at radius 2 is 1.92 bits per heavy atom. The molecule has 0 unspecified atom stereocenters. The van der Waals surface area contributed by atoms with Crippen molar-refractivity contribution in [2.75, 3.05) is 19.9 Å². The highest BCUT2D eigenvalue weighted by atomic mass is 35.5. The molecule has 0 saturated carbocycles. The second kappa shape index (κ2) is 12.2. The van der Waals surface area contributed by atoms with Crippen molar-refractivity contribution in [3.05, 3.63) is 23.8 Å². The Bertz CT molecular complexity index is 560. The van der Waals surface area contributed by atoms with E-state index < -0.39 is 6.04 Å². The van der Waals surface area contributed by atoms with Gasteiger partial charge in [-0.3, -0.25) is 4.79 Å². The lowest BCUT2D eigenvalue weighted by atomic mass is 10.0. The van der Waals surface area contributed by atoms with Crippen molar-refractivity contribution < 1.29 is 14.3 Å². The number of fused-ring (bicyclic) bond motifs is 1.